The first kappa shape index (κ1) is 20.9. The van der Waals surface area contributed by atoms with Crippen molar-refractivity contribution in [3.8, 4) is 0 Å². The zero-order valence-electron chi connectivity index (χ0n) is 12.6. The Morgan fingerprint density at radius 2 is 1.61 bits per heavy atom. The summed E-state index contributed by atoms with van der Waals surface area (Å²) < 4.78 is 11.0. The van der Waals surface area contributed by atoms with E-state index in [1.165, 1.54) is 12.5 Å². The van der Waals surface area contributed by atoms with Crippen molar-refractivity contribution in [1.82, 2.24) is 0 Å². The second kappa shape index (κ2) is 9.47. The van der Waals surface area contributed by atoms with Crippen molar-refractivity contribution in [3.63, 3.8) is 0 Å². The Bertz CT molecular complexity index is 242. The molecule has 0 aromatic rings. The topological polar surface area (TPSA) is 35.5 Å². The predicted molar refractivity (Wildman–Crippen MR) is 81.2 cm³/mol. The van der Waals surface area contributed by atoms with E-state index in [-0.39, 0.29) is 22.5 Å². The van der Waals surface area contributed by atoms with E-state index in [2.05, 4.69) is 32.7 Å². The smallest absolute Gasteiger partial charge is 0.291 e. The molecule has 0 rings (SSSR count). The van der Waals surface area contributed by atoms with Crippen LogP contribution in [0.15, 0.2) is 0 Å². The van der Waals surface area contributed by atoms with E-state index in [0.717, 1.165) is 12.8 Å². The molecule has 0 aliphatic carbocycles. The summed E-state index contributed by atoms with van der Waals surface area (Å²) in [5.41, 5.74) is 0. The summed E-state index contributed by atoms with van der Waals surface area (Å²) in [7, 11) is -2.34. The third-order valence-corrected chi connectivity index (χ3v) is 9.14. The van der Waals surface area contributed by atoms with Gasteiger partial charge in [0.1, 0.15) is 0 Å². The molecule has 112 valence electrons. The van der Waals surface area contributed by atoms with Crippen LogP contribution in [0, 0.1) is 0 Å². The Kier molecular flexibility index (Phi) is 11.0. The van der Waals surface area contributed by atoms with Gasteiger partial charge in [-0.2, -0.15) is 0 Å². The zero-order chi connectivity index (χ0) is 13.5. The first-order valence-electron chi connectivity index (χ1n) is 6.43. The van der Waals surface area contributed by atoms with Crippen LogP contribution in [0.2, 0.25) is 38.8 Å². The van der Waals surface area contributed by atoms with Gasteiger partial charge in [-0.05, 0) is 45.2 Å². The Balaban J connectivity index is 0. The minimum absolute atomic E-state index is 0. The summed E-state index contributed by atoms with van der Waals surface area (Å²) in [6.07, 6.45) is 3.83. The number of carbonyl (C=O) groups excluding carboxylic acids is 1. The summed E-state index contributed by atoms with van der Waals surface area (Å²) in [5.74, 6) is -0.0356. The Morgan fingerprint density at radius 1 is 1.06 bits per heavy atom. The zero-order valence-corrected chi connectivity index (χ0v) is 17.6. The molecule has 0 aliphatic heterocycles. The third-order valence-electron chi connectivity index (χ3n) is 2.47. The molecule has 3 nitrogen and oxygen atoms in total. The van der Waals surface area contributed by atoms with Gasteiger partial charge < -0.3 is 8.54 Å². The maximum Gasteiger partial charge on any atom is 0.291 e. The quantitative estimate of drug-likeness (QED) is 0.498. The van der Waals surface area contributed by atoms with E-state index in [1.807, 2.05) is 0 Å². The molecule has 0 spiro atoms. The molecule has 7 heteroatoms. The molecule has 0 amide bonds. The summed E-state index contributed by atoms with van der Waals surface area (Å²) >= 11 is 0. The van der Waals surface area contributed by atoms with Gasteiger partial charge >= 0.3 is 0 Å². The van der Waals surface area contributed by atoms with Crippen LogP contribution in [0.4, 0.5) is 0 Å². The van der Waals surface area contributed by atoms with Gasteiger partial charge in [-0.25, -0.2) is 0 Å². The maximum absolute atomic E-state index is 11.0. The monoisotopic (exact) mass is 350 g/mol. The van der Waals surface area contributed by atoms with Crippen molar-refractivity contribution in [3.05, 3.63) is 0 Å². The minimum Gasteiger partial charge on any atom is -0.529 e. The first-order chi connectivity index (χ1) is 7.66. The molecule has 0 radical (unpaired) electrons. The molecule has 18 heavy (non-hydrogen) atoms. The summed E-state index contributed by atoms with van der Waals surface area (Å²) in [6.45, 7) is 11.4. The van der Waals surface area contributed by atoms with Crippen molar-refractivity contribution in [2.45, 2.75) is 64.5 Å². The number of carbonyl (C=O) groups is 1. The number of rotatable bonds is 8. The van der Waals surface area contributed by atoms with Crippen molar-refractivity contribution in [2.24, 2.45) is 0 Å². The van der Waals surface area contributed by atoms with Gasteiger partial charge in [0, 0.05) is 22.9 Å². The largest absolute Gasteiger partial charge is 0.529 e. The normalized spacial score (nSPS) is 12.1. The van der Waals surface area contributed by atoms with Crippen LogP contribution in [-0.2, 0) is 29.8 Å². The number of unbranched alkanes of at least 4 members (excludes halogenated alkanes) is 2. The summed E-state index contributed by atoms with van der Waals surface area (Å²) in [5, 5.41) is 0. The molecule has 0 heterocycles. The number of hydrogen-bond acceptors (Lipinski definition) is 3. The van der Waals surface area contributed by atoms with Gasteiger partial charge in [0.05, 0.1) is 0 Å². The molecule has 0 saturated heterocycles. The van der Waals surface area contributed by atoms with Crippen molar-refractivity contribution in [2.75, 3.05) is 0 Å². The minimum atomic E-state index is -1.47. The fraction of sp³-hybridized carbons (Fsp3) is 0.909. The molecule has 0 bridgehead atoms. The van der Waals surface area contributed by atoms with E-state index in [0.29, 0.717) is 16.9 Å². The molecular weight excluding hydrogens is 323 g/mol. The fourth-order valence-electron chi connectivity index (χ4n) is 1.98. The van der Waals surface area contributed by atoms with E-state index in [4.69, 9.17) is 8.54 Å². The Labute approximate surface area is 127 Å². The third kappa shape index (κ3) is 13.0. The molecule has 0 unspecified atom stereocenters. The second-order valence-electron chi connectivity index (χ2n) is 6.11. The van der Waals surface area contributed by atoms with Gasteiger partial charge in [-0.1, -0.05) is 12.8 Å². The average Bonchev–Trinajstić information content (AvgIpc) is 2.12. The molecule has 0 fully saturated rings. The van der Waals surface area contributed by atoms with Crippen molar-refractivity contribution in [1.29, 1.82) is 0 Å². The van der Waals surface area contributed by atoms with E-state index in [1.54, 1.807) is 0 Å². The molecule has 0 aliphatic rings. The number of hydrogen-bond donors (Lipinski definition) is 0. The van der Waals surface area contributed by atoms with Crippen LogP contribution in [0.5, 0.6) is 0 Å². The predicted octanol–water partition coefficient (Wildman–Crippen LogP) is 2.42. The molecular formula is C11H28NiO3Si3. The van der Waals surface area contributed by atoms with Crippen LogP contribution < -0.4 is 0 Å². The molecule has 0 atom stereocenters. The van der Waals surface area contributed by atoms with Gasteiger partial charge in [0.2, 0.25) is 10.5 Å². The van der Waals surface area contributed by atoms with Crippen molar-refractivity contribution >= 4 is 33.1 Å². The molecule has 0 aromatic heterocycles. The van der Waals surface area contributed by atoms with E-state index < -0.39 is 16.6 Å². The molecule has 0 aromatic carbocycles. The van der Waals surface area contributed by atoms with Gasteiger partial charge in [-0.3, -0.25) is 4.79 Å². The second-order valence-corrected chi connectivity index (χ2v) is 15.6. The van der Waals surface area contributed by atoms with Crippen LogP contribution in [0.25, 0.3) is 0 Å². The molecule has 0 N–H and O–H groups in total. The Hall–Kier alpha value is 0.574. The maximum atomic E-state index is 11.0. The SMILES string of the molecule is C[Si](C)(C)O[Si](C)(C)CCCCCC(=O)O[SiH3].[Ni]. The molecule has 0 saturated carbocycles. The van der Waals surface area contributed by atoms with Crippen LogP contribution in [-0.4, -0.2) is 33.1 Å². The van der Waals surface area contributed by atoms with Gasteiger partial charge in [-0.15, -0.1) is 0 Å². The van der Waals surface area contributed by atoms with Crippen LogP contribution in [0.3, 0.4) is 0 Å². The standard InChI is InChI=1S/C11H28O3Si3.Ni/c1-16(2,3)14-17(4,5)10-8-6-7-9-11(12)13-15;/h6-10H2,1-5,15H3;. The summed E-state index contributed by atoms with van der Waals surface area (Å²) in [6, 6.07) is 1.20. The average molecular weight is 351 g/mol. The van der Waals surface area contributed by atoms with Crippen molar-refractivity contribution < 1.29 is 29.8 Å². The van der Waals surface area contributed by atoms with Crippen LogP contribution >= 0.6 is 0 Å². The van der Waals surface area contributed by atoms with E-state index in [9.17, 15) is 4.79 Å². The summed E-state index contributed by atoms with van der Waals surface area (Å²) in [4.78, 5) is 11.0. The van der Waals surface area contributed by atoms with Gasteiger partial charge in [0.25, 0.3) is 5.97 Å². The van der Waals surface area contributed by atoms with Gasteiger partial charge in [0.15, 0.2) is 16.6 Å². The van der Waals surface area contributed by atoms with E-state index >= 15 is 0 Å². The Morgan fingerprint density at radius 3 is 2.06 bits per heavy atom. The first-order valence-corrected chi connectivity index (χ1v) is 13.8. The fourth-order valence-corrected chi connectivity index (χ4v) is 10.3. The van der Waals surface area contributed by atoms with Crippen LogP contribution in [0.1, 0.15) is 25.7 Å².